The molecule has 140 valence electrons. The first kappa shape index (κ1) is 16.8. The van der Waals surface area contributed by atoms with Crippen LogP contribution in [-0.4, -0.2) is 36.4 Å². The molecule has 0 N–H and O–H groups in total. The highest BCUT2D eigenvalue weighted by Gasteiger charge is 2.56. The number of nitrogens with zero attached hydrogens (tertiary/aromatic N) is 1. The number of likely N-dealkylation sites (tertiary alicyclic amines) is 1. The van der Waals surface area contributed by atoms with Gasteiger partial charge < -0.3 is 4.74 Å². The van der Waals surface area contributed by atoms with E-state index < -0.39 is 0 Å². The van der Waals surface area contributed by atoms with E-state index in [-0.39, 0.29) is 5.41 Å². The Hall–Kier alpha value is -1.35. The predicted molar refractivity (Wildman–Crippen MR) is 103 cm³/mol. The third-order valence-corrected chi connectivity index (χ3v) is 7.88. The number of ketones is 1. The molecule has 4 atom stereocenters. The molecule has 1 aromatic rings. The lowest BCUT2D eigenvalue weighted by atomic mass is 9.52. The molecule has 2 saturated carbocycles. The zero-order valence-corrected chi connectivity index (χ0v) is 16.2. The van der Waals surface area contributed by atoms with Crippen LogP contribution in [0.5, 0.6) is 5.75 Å². The zero-order valence-electron chi connectivity index (χ0n) is 16.2. The van der Waals surface area contributed by atoms with Crippen molar-refractivity contribution in [1.82, 2.24) is 4.90 Å². The van der Waals surface area contributed by atoms with E-state index in [1.165, 1.54) is 30.4 Å². The number of piperidine rings is 1. The zero-order chi connectivity index (χ0) is 17.9. The van der Waals surface area contributed by atoms with Gasteiger partial charge >= 0.3 is 0 Å². The lowest BCUT2D eigenvalue weighted by Crippen LogP contribution is -2.63. The highest BCUT2D eigenvalue weighted by atomic mass is 16.5. The Morgan fingerprint density at radius 3 is 2.92 bits per heavy atom. The molecule has 1 unspecified atom stereocenters. The van der Waals surface area contributed by atoms with Crippen LogP contribution in [-0.2, 0) is 16.6 Å². The van der Waals surface area contributed by atoms with Gasteiger partial charge in [0.25, 0.3) is 0 Å². The van der Waals surface area contributed by atoms with Crippen molar-refractivity contribution >= 4 is 5.78 Å². The molecule has 3 heteroatoms. The second-order valence-electron chi connectivity index (χ2n) is 9.33. The van der Waals surface area contributed by atoms with Gasteiger partial charge in [-0.15, -0.1) is 0 Å². The van der Waals surface area contributed by atoms with Crippen LogP contribution in [0.1, 0.15) is 63.0 Å². The van der Waals surface area contributed by atoms with Crippen molar-refractivity contribution in [3.8, 4) is 5.75 Å². The number of carbonyl (C=O) groups is 1. The second-order valence-corrected chi connectivity index (χ2v) is 9.33. The van der Waals surface area contributed by atoms with E-state index in [0.717, 1.165) is 50.3 Å². The smallest absolute Gasteiger partial charge is 0.133 e. The maximum absolute atomic E-state index is 12.5. The van der Waals surface area contributed by atoms with Crippen molar-refractivity contribution in [3.63, 3.8) is 0 Å². The average Bonchev–Trinajstić information content (AvgIpc) is 3.45. The van der Waals surface area contributed by atoms with Gasteiger partial charge in [-0.3, -0.25) is 9.69 Å². The average molecular weight is 354 g/mol. The van der Waals surface area contributed by atoms with E-state index in [1.54, 1.807) is 7.11 Å². The molecule has 1 aliphatic heterocycles. The predicted octanol–water partition coefficient (Wildman–Crippen LogP) is 4.12. The van der Waals surface area contributed by atoms with Crippen LogP contribution < -0.4 is 4.74 Å². The van der Waals surface area contributed by atoms with Crippen molar-refractivity contribution < 1.29 is 9.53 Å². The number of carbonyl (C=O) groups excluding carboxylic acids is 1. The molecule has 5 rings (SSSR count). The summed E-state index contributed by atoms with van der Waals surface area (Å²) >= 11 is 0. The van der Waals surface area contributed by atoms with Crippen LogP contribution in [0.4, 0.5) is 0 Å². The molecule has 1 aromatic carbocycles. The fraction of sp³-hybridized carbons (Fsp3) is 0.696. The maximum Gasteiger partial charge on any atom is 0.133 e. The SMILES string of the molecule is COc1ccc2c(c1)[C@]13CCN(C(C)CC4CC4)[C@H](C2)[C@@H]1CCC(=O)C3. The number of methoxy groups -OCH3 is 1. The quantitative estimate of drug-likeness (QED) is 0.815. The Morgan fingerprint density at radius 1 is 1.31 bits per heavy atom. The Morgan fingerprint density at radius 2 is 2.15 bits per heavy atom. The minimum absolute atomic E-state index is 0.0674. The summed E-state index contributed by atoms with van der Waals surface area (Å²) in [4.78, 5) is 15.3. The molecule has 0 amide bonds. The summed E-state index contributed by atoms with van der Waals surface area (Å²) in [5.74, 6) is 3.02. The minimum Gasteiger partial charge on any atom is -0.497 e. The lowest BCUT2D eigenvalue weighted by Gasteiger charge is -2.59. The molecule has 0 radical (unpaired) electrons. The van der Waals surface area contributed by atoms with Gasteiger partial charge in [-0.25, -0.2) is 0 Å². The van der Waals surface area contributed by atoms with Gasteiger partial charge in [0.1, 0.15) is 11.5 Å². The Labute approximate surface area is 157 Å². The molecule has 1 heterocycles. The number of fused-ring (bicyclic) bond motifs is 1. The molecule has 3 aliphatic carbocycles. The van der Waals surface area contributed by atoms with Crippen LogP contribution in [0.25, 0.3) is 0 Å². The third-order valence-electron chi connectivity index (χ3n) is 7.88. The largest absolute Gasteiger partial charge is 0.497 e. The van der Waals surface area contributed by atoms with Crippen molar-refractivity contribution in [2.45, 2.75) is 75.8 Å². The van der Waals surface area contributed by atoms with E-state index in [1.807, 2.05) is 0 Å². The fourth-order valence-electron chi connectivity index (χ4n) is 6.48. The summed E-state index contributed by atoms with van der Waals surface area (Å²) in [7, 11) is 1.75. The first-order valence-corrected chi connectivity index (χ1v) is 10.6. The van der Waals surface area contributed by atoms with E-state index in [4.69, 9.17) is 4.74 Å². The molecule has 0 spiro atoms. The number of hydrogen-bond acceptors (Lipinski definition) is 3. The molecule has 4 aliphatic rings. The number of benzene rings is 1. The van der Waals surface area contributed by atoms with E-state index in [9.17, 15) is 4.79 Å². The second kappa shape index (κ2) is 6.09. The molecule has 2 bridgehead atoms. The number of ether oxygens (including phenoxy) is 1. The normalized spacial score (nSPS) is 34.8. The molecule has 0 aromatic heterocycles. The van der Waals surface area contributed by atoms with Crippen molar-refractivity contribution in [3.05, 3.63) is 29.3 Å². The van der Waals surface area contributed by atoms with Gasteiger partial charge in [0.2, 0.25) is 0 Å². The van der Waals surface area contributed by atoms with E-state index >= 15 is 0 Å². The highest BCUT2D eigenvalue weighted by Crippen LogP contribution is 2.56. The van der Waals surface area contributed by atoms with Crippen LogP contribution in [0.3, 0.4) is 0 Å². The third kappa shape index (κ3) is 2.54. The summed E-state index contributed by atoms with van der Waals surface area (Å²) in [5, 5.41) is 0. The molecule has 3 fully saturated rings. The number of rotatable bonds is 4. The monoisotopic (exact) mass is 353 g/mol. The topological polar surface area (TPSA) is 29.5 Å². The Kier molecular flexibility index (Phi) is 3.93. The number of hydrogen-bond donors (Lipinski definition) is 0. The van der Waals surface area contributed by atoms with Crippen LogP contribution >= 0.6 is 0 Å². The van der Waals surface area contributed by atoms with Crippen molar-refractivity contribution in [2.75, 3.05) is 13.7 Å². The molecule has 26 heavy (non-hydrogen) atoms. The molecule has 1 saturated heterocycles. The number of Topliss-reactive ketones (excluding diaryl/α,β-unsaturated/α-hetero) is 1. The fourth-order valence-corrected chi connectivity index (χ4v) is 6.48. The Bertz CT molecular complexity index is 725. The first-order chi connectivity index (χ1) is 12.6. The lowest BCUT2D eigenvalue weighted by molar-refractivity contribution is -0.128. The minimum atomic E-state index is 0.0674. The van der Waals surface area contributed by atoms with Gasteiger partial charge in [0.05, 0.1) is 7.11 Å². The first-order valence-electron chi connectivity index (χ1n) is 10.6. The summed E-state index contributed by atoms with van der Waals surface area (Å²) in [5.41, 5.74) is 2.96. The van der Waals surface area contributed by atoms with Crippen molar-refractivity contribution in [2.24, 2.45) is 11.8 Å². The maximum atomic E-state index is 12.5. The van der Waals surface area contributed by atoms with Gasteiger partial charge in [-0.2, -0.15) is 0 Å². The summed E-state index contributed by atoms with van der Waals surface area (Å²) in [6.45, 7) is 3.60. The van der Waals surface area contributed by atoms with Crippen LogP contribution in [0.15, 0.2) is 18.2 Å². The summed E-state index contributed by atoms with van der Waals surface area (Å²) < 4.78 is 5.54. The van der Waals surface area contributed by atoms with Crippen LogP contribution in [0, 0.1) is 11.8 Å². The summed E-state index contributed by atoms with van der Waals surface area (Å²) in [6.07, 6.45) is 9.13. The van der Waals surface area contributed by atoms with E-state index in [2.05, 4.69) is 30.0 Å². The Balaban J connectivity index is 1.55. The van der Waals surface area contributed by atoms with E-state index in [0.29, 0.717) is 23.8 Å². The summed E-state index contributed by atoms with van der Waals surface area (Å²) in [6, 6.07) is 7.93. The molecule has 3 nitrogen and oxygen atoms in total. The van der Waals surface area contributed by atoms with Crippen molar-refractivity contribution in [1.29, 1.82) is 0 Å². The van der Waals surface area contributed by atoms with Gasteiger partial charge in [0.15, 0.2) is 0 Å². The van der Waals surface area contributed by atoms with Gasteiger partial charge in [0, 0.05) is 30.3 Å². The van der Waals surface area contributed by atoms with Gasteiger partial charge in [-0.1, -0.05) is 18.9 Å². The molecular weight excluding hydrogens is 322 g/mol. The highest BCUT2D eigenvalue weighted by molar-refractivity contribution is 5.81. The standard InChI is InChI=1S/C23H31NO2/c1-15(11-16-3-4-16)24-10-9-23-14-18(25)6-8-20(23)22(24)12-17-5-7-19(26-2)13-21(17)23/h5,7,13,15-16,20,22H,3-4,6,8-12,14H2,1-2H3/t15?,20-,22+,23-/m0/s1. The van der Waals surface area contributed by atoms with Gasteiger partial charge in [-0.05, 0) is 74.2 Å². The molecular formula is C23H31NO2. The van der Waals surface area contributed by atoms with Crippen LogP contribution in [0.2, 0.25) is 0 Å².